The number of nitrogens with one attached hydrogen (secondary N) is 1. The van der Waals surface area contributed by atoms with Gasteiger partial charge in [-0.05, 0) is 18.2 Å². The molecule has 2 aromatic rings. The van der Waals surface area contributed by atoms with Gasteiger partial charge in [0.25, 0.3) is 0 Å². The van der Waals surface area contributed by atoms with E-state index in [1.807, 2.05) is 0 Å². The van der Waals surface area contributed by atoms with Crippen LogP contribution in [0.15, 0.2) is 36.8 Å². The first-order valence-corrected chi connectivity index (χ1v) is 7.90. The molecule has 0 fully saturated rings. The molecular formula is C12H14N4O3S. The molecule has 8 heteroatoms. The second-order valence-electron chi connectivity index (χ2n) is 4.06. The third-order valence-corrected chi connectivity index (χ3v) is 3.18. The quantitative estimate of drug-likeness (QED) is 0.850. The van der Waals surface area contributed by atoms with Crippen LogP contribution >= 0.6 is 0 Å². The molecule has 0 atom stereocenters. The fraction of sp³-hybridized carbons (Fsp3) is 0.250. The minimum atomic E-state index is -3.06. The highest BCUT2D eigenvalue weighted by molar-refractivity contribution is 7.90. The molecule has 0 bridgehead atoms. The molecule has 0 amide bonds. The molecule has 0 aromatic carbocycles. The maximum Gasteiger partial charge on any atom is 0.318 e. The van der Waals surface area contributed by atoms with E-state index in [1.165, 1.54) is 6.20 Å². The van der Waals surface area contributed by atoms with E-state index in [2.05, 4.69) is 20.3 Å². The van der Waals surface area contributed by atoms with Crippen molar-refractivity contribution in [1.82, 2.24) is 15.0 Å². The van der Waals surface area contributed by atoms with E-state index in [1.54, 1.807) is 30.6 Å². The lowest BCUT2D eigenvalue weighted by atomic mass is 10.4. The zero-order valence-electron chi connectivity index (χ0n) is 10.9. The first kappa shape index (κ1) is 14.2. The second-order valence-corrected chi connectivity index (χ2v) is 6.32. The van der Waals surface area contributed by atoms with E-state index in [9.17, 15) is 8.42 Å². The normalized spacial score (nSPS) is 11.1. The zero-order chi connectivity index (χ0) is 14.4. The third-order valence-electron chi connectivity index (χ3n) is 2.27. The van der Waals surface area contributed by atoms with Crippen molar-refractivity contribution in [3.63, 3.8) is 0 Å². The lowest BCUT2D eigenvalue weighted by molar-refractivity contribution is 0.314. The summed E-state index contributed by atoms with van der Waals surface area (Å²) in [5.74, 6) is 0.485. The maximum atomic E-state index is 11.0. The van der Waals surface area contributed by atoms with Gasteiger partial charge in [-0.1, -0.05) is 0 Å². The molecule has 0 aliphatic carbocycles. The standard InChI is InChI=1S/C12H14N4O3S/c1-20(17,18)9-8-19-12-14-7-4-11(16-12)15-10-2-5-13-6-3-10/h2-7H,8-9H2,1H3,(H,13,14,15,16). The van der Waals surface area contributed by atoms with Gasteiger partial charge in [0, 0.05) is 30.5 Å². The van der Waals surface area contributed by atoms with Crippen molar-refractivity contribution in [3.05, 3.63) is 36.8 Å². The molecule has 7 nitrogen and oxygen atoms in total. The Morgan fingerprint density at radius 2 is 1.95 bits per heavy atom. The molecule has 2 rings (SSSR count). The molecule has 2 heterocycles. The van der Waals surface area contributed by atoms with Crippen LogP contribution in [0.1, 0.15) is 0 Å². The summed E-state index contributed by atoms with van der Waals surface area (Å²) in [4.78, 5) is 12.0. The molecular weight excluding hydrogens is 280 g/mol. The number of rotatable bonds is 6. The topological polar surface area (TPSA) is 94.1 Å². The van der Waals surface area contributed by atoms with Crippen LogP contribution in [0, 0.1) is 0 Å². The SMILES string of the molecule is CS(=O)(=O)CCOc1nccc(Nc2ccncc2)n1. The Morgan fingerprint density at radius 3 is 2.65 bits per heavy atom. The molecule has 1 N–H and O–H groups in total. The number of pyridine rings is 1. The highest BCUT2D eigenvalue weighted by atomic mass is 32.2. The van der Waals surface area contributed by atoms with Crippen molar-refractivity contribution in [3.8, 4) is 6.01 Å². The van der Waals surface area contributed by atoms with E-state index < -0.39 is 9.84 Å². The lowest BCUT2D eigenvalue weighted by Gasteiger charge is -2.07. The van der Waals surface area contributed by atoms with Crippen LogP contribution < -0.4 is 10.1 Å². The fourth-order valence-electron chi connectivity index (χ4n) is 1.35. The zero-order valence-corrected chi connectivity index (χ0v) is 11.7. The van der Waals surface area contributed by atoms with Crippen molar-refractivity contribution < 1.29 is 13.2 Å². The van der Waals surface area contributed by atoms with Crippen molar-refractivity contribution in [2.45, 2.75) is 0 Å². The van der Waals surface area contributed by atoms with Crippen LogP contribution in [0.25, 0.3) is 0 Å². The molecule has 0 spiro atoms. The summed E-state index contributed by atoms with van der Waals surface area (Å²) in [5.41, 5.74) is 0.834. The molecule has 0 saturated carbocycles. The number of hydrogen-bond acceptors (Lipinski definition) is 7. The van der Waals surface area contributed by atoms with Crippen molar-refractivity contribution in [2.24, 2.45) is 0 Å². The van der Waals surface area contributed by atoms with Gasteiger partial charge in [0.15, 0.2) is 9.84 Å². The predicted octanol–water partition coefficient (Wildman–Crippen LogP) is 1.04. The van der Waals surface area contributed by atoms with E-state index in [4.69, 9.17) is 4.74 Å². The smallest absolute Gasteiger partial charge is 0.318 e. The molecule has 0 aliphatic rings. The van der Waals surface area contributed by atoms with E-state index in [0.717, 1.165) is 11.9 Å². The van der Waals surface area contributed by atoms with Gasteiger partial charge >= 0.3 is 6.01 Å². The van der Waals surface area contributed by atoms with Crippen LogP contribution in [-0.2, 0) is 9.84 Å². The Balaban J connectivity index is 1.97. The number of nitrogens with zero attached hydrogens (tertiary/aromatic N) is 3. The molecule has 0 aliphatic heterocycles. The van der Waals surface area contributed by atoms with Crippen LogP contribution in [0.5, 0.6) is 6.01 Å². The minimum absolute atomic E-state index is 0.0253. The largest absolute Gasteiger partial charge is 0.462 e. The monoisotopic (exact) mass is 294 g/mol. The third kappa shape index (κ3) is 4.81. The summed E-state index contributed by atoms with van der Waals surface area (Å²) in [6, 6.07) is 5.41. The molecule has 20 heavy (non-hydrogen) atoms. The molecule has 0 radical (unpaired) electrons. The van der Waals surface area contributed by atoms with Crippen molar-refractivity contribution >= 4 is 21.3 Å². The Labute approximate surface area is 117 Å². The van der Waals surface area contributed by atoms with E-state index in [-0.39, 0.29) is 18.4 Å². The lowest BCUT2D eigenvalue weighted by Crippen LogP contribution is -2.13. The van der Waals surface area contributed by atoms with Crippen LogP contribution in [0.4, 0.5) is 11.5 Å². The summed E-state index contributed by atoms with van der Waals surface area (Å²) >= 11 is 0. The summed E-state index contributed by atoms with van der Waals surface area (Å²) in [6.45, 7) is 0.0253. The van der Waals surface area contributed by atoms with Gasteiger partial charge in [0.1, 0.15) is 12.4 Å². The van der Waals surface area contributed by atoms with Crippen LogP contribution in [0.3, 0.4) is 0 Å². The molecule has 0 unspecified atom stereocenters. The van der Waals surface area contributed by atoms with Crippen molar-refractivity contribution in [1.29, 1.82) is 0 Å². The van der Waals surface area contributed by atoms with Gasteiger partial charge < -0.3 is 10.1 Å². The maximum absolute atomic E-state index is 11.0. The first-order valence-electron chi connectivity index (χ1n) is 5.83. The summed E-state index contributed by atoms with van der Waals surface area (Å²) in [6.07, 6.45) is 6.00. The van der Waals surface area contributed by atoms with Gasteiger partial charge in [0.2, 0.25) is 0 Å². The van der Waals surface area contributed by atoms with Gasteiger partial charge in [-0.2, -0.15) is 4.98 Å². The van der Waals surface area contributed by atoms with Gasteiger partial charge in [-0.25, -0.2) is 13.4 Å². The first-order chi connectivity index (χ1) is 9.53. The van der Waals surface area contributed by atoms with Gasteiger partial charge in [0.05, 0.1) is 5.75 Å². The highest BCUT2D eigenvalue weighted by Crippen LogP contribution is 2.14. The predicted molar refractivity (Wildman–Crippen MR) is 74.8 cm³/mol. The molecule has 2 aromatic heterocycles. The number of sulfone groups is 1. The van der Waals surface area contributed by atoms with Crippen LogP contribution in [0.2, 0.25) is 0 Å². The minimum Gasteiger partial charge on any atom is -0.462 e. The molecule has 0 saturated heterocycles. The Bertz CT molecular complexity index is 661. The number of hydrogen-bond donors (Lipinski definition) is 1. The summed E-state index contributed by atoms with van der Waals surface area (Å²) in [7, 11) is -3.06. The summed E-state index contributed by atoms with van der Waals surface area (Å²) < 4.78 is 27.2. The van der Waals surface area contributed by atoms with E-state index in [0.29, 0.717) is 5.82 Å². The Morgan fingerprint density at radius 1 is 1.20 bits per heavy atom. The number of anilines is 2. The number of ether oxygens (including phenoxy) is 1. The van der Waals surface area contributed by atoms with Gasteiger partial charge in [-0.15, -0.1) is 0 Å². The van der Waals surface area contributed by atoms with Crippen LogP contribution in [-0.4, -0.2) is 42.0 Å². The second kappa shape index (κ2) is 6.29. The number of aromatic nitrogens is 3. The Hall–Kier alpha value is -2.22. The fourth-order valence-corrected chi connectivity index (χ4v) is 1.73. The highest BCUT2D eigenvalue weighted by Gasteiger charge is 2.05. The van der Waals surface area contributed by atoms with Gasteiger partial charge in [-0.3, -0.25) is 4.98 Å². The Kier molecular flexibility index (Phi) is 4.46. The average molecular weight is 294 g/mol. The summed E-state index contributed by atoms with van der Waals surface area (Å²) in [5, 5.41) is 3.06. The molecule has 106 valence electrons. The average Bonchev–Trinajstić information content (AvgIpc) is 2.39. The van der Waals surface area contributed by atoms with E-state index >= 15 is 0 Å². The van der Waals surface area contributed by atoms with Crippen molar-refractivity contribution in [2.75, 3.05) is 23.9 Å².